The fourth-order valence-corrected chi connectivity index (χ4v) is 3.44. The summed E-state index contributed by atoms with van der Waals surface area (Å²) >= 11 is 0. The molecule has 0 aromatic heterocycles. The van der Waals surface area contributed by atoms with E-state index in [1.807, 2.05) is 0 Å². The smallest absolute Gasteiger partial charge is 0.0118 e. The van der Waals surface area contributed by atoms with Crippen molar-refractivity contribution >= 4 is 0 Å². The molecule has 1 N–H and O–H groups in total. The maximum absolute atomic E-state index is 3.92. The van der Waals surface area contributed by atoms with Crippen molar-refractivity contribution in [3.63, 3.8) is 0 Å². The van der Waals surface area contributed by atoms with Crippen molar-refractivity contribution in [2.24, 2.45) is 29.6 Å². The van der Waals surface area contributed by atoms with Gasteiger partial charge >= 0.3 is 0 Å². The number of nitrogens with one attached hydrogen (secondary N) is 1. The van der Waals surface area contributed by atoms with Gasteiger partial charge in [0.05, 0.1) is 0 Å². The van der Waals surface area contributed by atoms with Crippen LogP contribution >= 0.6 is 0 Å². The van der Waals surface area contributed by atoms with Gasteiger partial charge in [-0.15, -0.1) is 0 Å². The Morgan fingerprint density at radius 1 is 0.875 bits per heavy atom. The van der Waals surface area contributed by atoms with E-state index in [4.69, 9.17) is 0 Å². The second-order valence-corrected chi connectivity index (χ2v) is 6.85. The van der Waals surface area contributed by atoms with Gasteiger partial charge in [0.1, 0.15) is 0 Å². The predicted octanol–water partition coefficient (Wildman–Crippen LogP) is 3.45. The molecule has 0 saturated heterocycles. The molecule has 0 aromatic rings. The first-order valence-electron chi connectivity index (χ1n) is 7.49. The first kappa shape index (κ1) is 11.1. The quantitative estimate of drug-likeness (QED) is 0.694. The van der Waals surface area contributed by atoms with Crippen molar-refractivity contribution in [2.75, 3.05) is 6.54 Å². The lowest BCUT2D eigenvalue weighted by atomic mass is 9.94. The van der Waals surface area contributed by atoms with Gasteiger partial charge in [0.15, 0.2) is 0 Å². The molecule has 16 heavy (non-hydrogen) atoms. The van der Waals surface area contributed by atoms with Crippen molar-refractivity contribution in [1.82, 2.24) is 5.32 Å². The summed E-state index contributed by atoms with van der Waals surface area (Å²) in [6.07, 6.45) is 9.06. The molecule has 3 saturated carbocycles. The van der Waals surface area contributed by atoms with Crippen LogP contribution in [0.4, 0.5) is 0 Å². The van der Waals surface area contributed by atoms with Gasteiger partial charge in [0, 0.05) is 6.04 Å². The van der Waals surface area contributed by atoms with Gasteiger partial charge < -0.3 is 5.32 Å². The Morgan fingerprint density at radius 3 is 1.75 bits per heavy atom. The number of rotatable bonds is 7. The summed E-state index contributed by atoms with van der Waals surface area (Å²) in [6.45, 7) is 6.10. The predicted molar refractivity (Wildman–Crippen MR) is 68.3 cm³/mol. The second kappa shape index (κ2) is 4.33. The molecule has 0 spiro atoms. The maximum Gasteiger partial charge on any atom is 0.0118 e. The summed E-state index contributed by atoms with van der Waals surface area (Å²) in [5.41, 5.74) is 0. The SMILES string of the molecule is CC(C)C(NCC(C1CC1)C1CC1)C1CC1. The van der Waals surface area contributed by atoms with E-state index in [2.05, 4.69) is 19.2 Å². The Balaban J connectivity index is 1.48. The Hall–Kier alpha value is -0.0400. The zero-order valence-corrected chi connectivity index (χ0v) is 10.9. The first-order chi connectivity index (χ1) is 7.75. The summed E-state index contributed by atoms with van der Waals surface area (Å²) in [7, 11) is 0. The van der Waals surface area contributed by atoms with E-state index in [0.29, 0.717) is 0 Å². The molecule has 1 unspecified atom stereocenters. The number of hydrogen-bond donors (Lipinski definition) is 1. The van der Waals surface area contributed by atoms with E-state index >= 15 is 0 Å². The van der Waals surface area contributed by atoms with Gasteiger partial charge in [-0.3, -0.25) is 0 Å². The Bertz CT molecular complexity index is 200. The molecule has 0 radical (unpaired) electrons. The molecule has 92 valence electrons. The molecule has 1 nitrogen and oxygen atoms in total. The summed E-state index contributed by atoms with van der Waals surface area (Å²) in [5, 5.41) is 3.92. The van der Waals surface area contributed by atoms with E-state index in [1.165, 1.54) is 45.1 Å². The minimum Gasteiger partial charge on any atom is -0.313 e. The van der Waals surface area contributed by atoms with E-state index < -0.39 is 0 Å². The monoisotopic (exact) mass is 221 g/mol. The van der Waals surface area contributed by atoms with E-state index in [0.717, 1.165) is 35.6 Å². The highest BCUT2D eigenvalue weighted by Gasteiger charge is 2.42. The highest BCUT2D eigenvalue weighted by Crippen LogP contribution is 2.49. The summed E-state index contributed by atoms with van der Waals surface area (Å²) in [5.74, 6) is 5.09. The van der Waals surface area contributed by atoms with Crippen LogP contribution in [0.15, 0.2) is 0 Å². The molecular weight excluding hydrogens is 194 g/mol. The third-order valence-electron chi connectivity index (χ3n) is 4.89. The molecule has 0 amide bonds. The van der Waals surface area contributed by atoms with Crippen molar-refractivity contribution in [2.45, 2.75) is 58.4 Å². The molecule has 3 aliphatic rings. The zero-order chi connectivity index (χ0) is 11.1. The molecular formula is C15H27N. The van der Waals surface area contributed by atoms with Gasteiger partial charge in [-0.2, -0.15) is 0 Å². The van der Waals surface area contributed by atoms with Crippen LogP contribution in [0.3, 0.4) is 0 Å². The highest BCUT2D eigenvalue weighted by atomic mass is 14.9. The summed E-state index contributed by atoms with van der Waals surface area (Å²) in [4.78, 5) is 0. The average molecular weight is 221 g/mol. The van der Waals surface area contributed by atoms with Gasteiger partial charge in [-0.05, 0) is 74.7 Å². The van der Waals surface area contributed by atoms with Crippen molar-refractivity contribution < 1.29 is 0 Å². The molecule has 1 atom stereocenters. The Labute approximate surface area is 100 Å². The third-order valence-corrected chi connectivity index (χ3v) is 4.89. The Kier molecular flexibility index (Phi) is 2.99. The fourth-order valence-electron chi connectivity index (χ4n) is 3.44. The van der Waals surface area contributed by atoms with E-state index in [-0.39, 0.29) is 0 Å². The zero-order valence-electron chi connectivity index (χ0n) is 10.9. The fraction of sp³-hybridized carbons (Fsp3) is 1.00. The lowest BCUT2D eigenvalue weighted by Gasteiger charge is -2.25. The third kappa shape index (κ3) is 2.61. The molecule has 1 heteroatoms. The Morgan fingerprint density at radius 2 is 1.38 bits per heavy atom. The maximum atomic E-state index is 3.92. The molecule has 0 aromatic carbocycles. The normalized spacial score (nSPS) is 27.8. The van der Waals surface area contributed by atoms with Gasteiger partial charge in [0.2, 0.25) is 0 Å². The molecule has 0 heterocycles. The minimum atomic E-state index is 0.819. The average Bonchev–Trinajstić information content (AvgIpc) is 3.13. The van der Waals surface area contributed by atoms with Crippen LogP contribution in [0.1, 0.15) is 52.4 Å². The standard InChI is InChI=1S/C15H27N/c1-10(2)15(13-7-8-13)16-9-14(11-3-4-11)12-5-6-12/h10-16H,3-9H2,1-2H3. The van der Waals surface area contributed by atoms with Crippen LogP contribution < -0.4 is 5.32 Å². The van der Waals surface area contributed by atoms with E-state index in [1.54, 1.807) is 0 Å². The summed E-state index contributed by atoms with van der Waals surface area (Å²) in [6, 6.07) is 0.819. The van der Waals surface area contributed by atoms with Gasteiger partial charge in [-0.25, -0.2) is 0 Å². The van der Waals surface area contributed by atoms with Gasteiger partial charge in [-0.1, -0.05) is 13.8 Å². The molecule has 0 aliphatic heterocycles. The second-order valence-electron chi connectivity index (χ2n) is 6.85. The van der Waals surface area contributed by atoms with Crippen LogP contribution in [0, 0.1) is 29.6 Å². The minimum absolute atomic E-state index is 0.819. The molecule has 3 fully saturated rings. The van der Waals surface area contributed by atoms with Crippen LogP contribution in [0.2, 0.25) is 0 Å². The van der Waals surface area contributed by atoms with Crippen LogP contribution in [0.5, 0.6) is 0 Å². The van der Waals surface area contributed by atoms with Crippen molar-refractivity contribution in [3.05, 3.63) is 0 Å². The first-order valence-corrected chi connectivity index (χ1v) is 7.49. The van der Waals surface area contributed by atoms with Crippen molar-refractivity contribution in [3.8, 4) is 0 Å². The largest absolute Gasteiger partial charge is 0.313 e. The lowest BCUT2D eigenvalue weighted by molar-refractivity contribution is 0.301. The molecule has 3 aliphatic carbocycles. The van der Waals surface area contributed by atoms with Crippen molar-refractivity contribution in [1.29, 1.82) is 0 Å². The highest BCUT2D eigenvalue weighted by molar-refractivity contribution is 4.95. The van der Waals surface area contributed by atoms with Gasteiger partial charge in [0.25, 0.3) is 0 Å². The van der Waals surface area contributed by atoms with Crippen LogP contribution in [-0.4, -0.2) is 12.6 Å². The lowest BCUT2D eigenvalue weighted by Crippen LogP contribution is -2.39. The topological polar surface area (TPSA) is 12.0 Å². The van der Waals surface area contributed by atoms with E-state index in [9.17, 15) is 0 Å². The van der Waals surface area contributed by atoms with Crippen LogP contribution in [-0.2, 0) is 0 Å². The molecule has 3 rings (SSSR count). The van der Waals surface area contributed by atoms with Crippen LogP contribution in [0.25, 0.3) is 0 Å². The summed E-state index contributed by atoms with van der Waals surface area (Å²) < 4.78 is 0. The number of hydrogen-bond acceptors (Lipinski definition) is 1. The molecule has 0 bridgehead atoms.